The average Bonchev–Trinajstić information content (AvgIpc) is 3.07. The minimum atomic E-state index is -0.687. The second-order valence-electron chi connectivity index (χ2n) is 7.66. The normalized spacial score (nSPS) is 17.9. The van der Waals surface area contributed by atoms with E-state index in [0.29, 0.717) is 22.9 Å². The van der Waals surface area contributed by atoms with Crippen molar-refractivity contribution in [3.63, 3.8) is 0 Å². The van der Waals surface area contributed by atoms with E-state index in [2.05, 4.69) is 18.7 Å². The molecule has 2 aromatic rings. The summed E-state index contributed by atoms with van der Waals surface area (Å²) in [7, 11) is 1.53. The van der Waals surface area contributed by atoms with Gasteiger partial charge in [0.25, 0.3) is 11.7 Å². The number of aliphatic hydroxyl groups is 1. The smallest absolute Gasteiger partial charge is 0.295 e. The molecule has 0 radical (unpaired) electrons. The second kappa shape index (κ2) is 10.7. The van der Waals surface area contributed by atoms with Crippen molar-refractivity contribution < 1.29 is 19.4 Å². The van der Waals surface area contributed by atoms with E-state index in [1.54, 1.807) is 53.4 Å². The maximum Gasteiger partial charge on any atom is 0.295 e. The number of nitrogens with zero attached hydrogens (tertiary/aromatic N) is 2. The van der Waals surface area contributed by atoms with Crippen molar-refractivity contribution in [3.8, 4) is 5.75 Å². The van der Waals surface area contributed by atoms with Gasteiger partial charge in [-0.25, -0.2) is 0 Å². The molecule has 0 bridgehead atoms. The Balaban J connectivity index is 2.03. The van der Waals surface area contributed by atoms with Gasteiger partial charge in [-0.05, 0) is 55.9 Å². The lowest BCUT2D eigenvalue weighted by atomic mass is 9.95. The van der Waals surface area contributed by atoms with Crippen molar-refractivity contribution in [2.24, 2.45) is 0 Å². The van der Waals surface area contributed by atoms with Crippen LogP contribution < -0.4 is 4.74 Å². The summed E-state index contributed by atoms with van der Waals surface area (Å²) in [5, 5.41) is 11.7. The molecule has 0 spiro atoms. The fourth-order valence-electron chi connectivity index (χ4n) is 4.03. The Bertz CT molecular complexity index is 999. The van der Waals surface area contributed by atoms with Crippen LogP contribution in [0.4, 0.5) is 0 Å². The molecule has 1 aliphatic heterocycles. The Morgan fingerprint density at radius 2 is 1.81 bits per heavy atom. The number of Topliss-reactive ketones (excluding diaryl/α,β-unsaturated/α-hetero) is 1. The third kappa shape index (κ3) is 4.97. The van der Waals surface area contributed by atoms with Crippen LogP contribution in [0.2, 0.25) is 5.02 Å². The Kier molecular flexibility index (Phi) is 7.94. The standard InChI is InChI=1S/C25H29ClN2O4/c1-4-27(5-2)14-7-15-28-22(17-10-12-19(26)13-11-17)21(24(30)25(28)31)23(29)18-8-6-9-20(16-18)32-3/h6,8-13,16,22,29H,4-5,7,14-15H2,1-3H3/b23-21+/t22-/m0/s1. The van der Waals surface area contributed by atoms with Crippen LogP contribution >= 0.6 is 11.6 Å². The molecule has 1 N–H and O–H groups in total. The number of hydrogen-bond donors (Lipinski definition) is 1. The number of amides is 1. The molecule has 170 valence electrons. The van der Waals surface area contributed by atoms with Gasteiger partial charge in [0.1, 0.15) is 11.5 Å². The lowest BCUT2D eigenvalue weighted by molar-refractivity contribution is -0.140. The van der Waals surface area contributed by atoms with Crippen LogP contribution in [-0.4, -0.2) is 59.9 Å². The predicted octanol–water partition coefficient (Wildman–Crippen LogP) is 4.50. The quantitative estimate of drug-likeness (QED) is 0.341. The number of aliphatic hydroxyl groups excluding tert-OH is 1. The Hall–Kier alpha value is -2.83. The summed E-state index contributed by atoms with van der Waals surface area (Å²) in [4.78, 5) is 29.9. The van der Waals surface area contributed by atoms with E-state index < -0.39 is 17.7 Å². The summed E-state index contributed by atoms with van der Waals surface area (Å²) in [6.07, 6.45) is 0.720. The number of rotatable bonds is 9. The maximum atomic E-state index is 13.1. The molecule has 0 unspecified atom stereocenters. The summed E-state index contributed by atoms with van der Waals surface area (Å²) in [5.41, 5.74) is 1.22. The topological polar surface area (TPSA) is 70.1 Å². The molecule has 7 heteroatoms. The highest BCUT2D eigenvalue weighted by Gasteiger charge is 2.45. The van der Waals surface area contributed by atoms with Crippen molar-refractivity contribution >= 4 is 29.1 Å². The monoisotopic (exact) mass is 456 g/mol. The molecule has 1 amide bonds. The first kappa shape index (κ1) is 23.8. The largest absolute Gasteiger partial charge is 0.507 e. The third-order valence-corrected chi connectivity index (χ3v) is 6.09. The van der Waals surface area contributed by atoms with E-state index in [1.807, 2.05) is 0 Å². The van der Waals surface area contributed by atoms with E-state index in [-0.39, 0.29) is 11.3 Å². The van der Waals surface area contributed by atoms with Crippen molar-refractivity contribution in [1.29, 1.82) is 0 Å². The molecular weight excluding hydrogens is 428 g/mol. The minimum absolute atomic E-state index is 0.0772. The zero-order valence-corrected chi connectivity index (χ0v) is 19.4. The molecule has 1 atom stereocenters. The zero-order chi connectivity index (χ0) is 23.3. The molecule has 1 aliphatic rings. The van der Waals surface area contributed by atoms with Gasteiger partial charge in [-0.15, -0.1) is 0 Å². The summed E-state index contributed by atoms with van der Waals surface area (Å²) in [6, 6.07) is 13.1. The van der Waals surface area contributed by atoms with Gasteiger partial charge in [0.05, 0.1) is 18.7 Å². The van der Waals surface area contributed by atoms with Gasteiger partial charge >= 0.3 is 0 Å². The second-order valence-corrected chi connectivity index (χ2v) is 8.09. The Morgan fingerprint density at radius 1 is 1.12 bits per heavy atom. The molecular formula is C25H29ClN2O4. The van der Waals surface area contributed by atoms with Crippen LogP contribution in [-0.2, 0) is 9.59 Å². The first-order valence-corrected chi connectivity index (χ1v) is 11.2. The number of benzene rings is 2. The number of methoxy groups -OCH3 is 1. The van der Waals surface area contributed by atoms with Crippen LogP contribution in [0.3, 0.4) is 0 Å². The first-order valence-electron chi connectivity index (χ1n) is 10.8. The van der Waals surface area contributed by atoms with Gasteiger partial charge in [-0.1, -0.05) is 49.7 Å². The maximum absolute atomic E-state index is 13.1. The highest BCUT2D eigenvalue weighted by atomic mass is 35.5. The highest BCUT2D eigenvalue weighted by Crippen LogP contribution is 2.40. The van der Waals surface area contributed by atoms with E-state index in [1.165, 1.54) is 7.11 Å². The van der Waals surface area contributed by atoms with Crippen LogP contribution in [0.5, 0.6) is 5.75 Å². The summed E-state index contributed by atoms with van der Waals surface area (Å²) in [5.74, 6) is -0.957. The zero-order valence-electron chi connectivity index (χ0n) is 18.7. The fraction of sp³-hybridized carbons (Fsp3) is 0.360. The van der Waals surface area contributed by atoms with Crippen LogP contribution in [0.25, 0.3) is 5.76 Å². The molecule has 1 fully saturated rings. The van der Waals surface area contributed by atoms with Gasteiger partial charge < -0.3 is 19.6 Å². The number of likely N-dealkylation sites (tertiary alicyclic amines) is 1. The number of hydrogen-bond acceptors (Lipinski definition) is 5. The number of ether oxygens (including phenoxy) is 1. The molecule has 0 aromatic heterocycles. The lowest BCUT2D eigenvalue weighted by Gasteiger charge is -2.26. The number of ketones is 1. The van der Waals surface area contributed by atoms with Gasteiger partial charge in [0.2, 0.25) is 0 Å². The SMILES string of the molecule is CCN(CC)CCCN1C(=O)C(=O)/C(=C(/O)c2cccc(OC)c2)[C@@H]1c1ccc(Cl)cc1. The molecule has 32 heavy (non-hydrogen) atoms. The van der Waals surface area contributed by atoms with Gasteiger partial charge in [-0.2, -0.15) is 0 Å². The van der Waals surface area contributed by atoms with E-state index in [0.717, 1.165) is 31.6 Å². The number of carbonyl (C=O) groups excluding carboxylic acids is 2. The predicted molar refractivity (Wildman–Crippen MR) is 126 cm³/mol. The minimum Gasteiger partial charge on any atom is -0.507 e. The third-order valence-electron chi connectivity index (χ3n) is 5.84. The Morgan fingerprint density at radius 3 is 2.44 bits per heavy atom. The van der Waals surface area contributed by atoms with Crippen LogP contribution in [0.1, 0.15) is 37.4 Å². The Labute approximate surface area is 194 Å². The highest BCUT2D eigenvalue weighted by molar-refractivity contribution is 6.46. The molecule has 0 saturated carbocycles. The molecule has 1 heterocycles. The number of halogens is 1. The van der Waals surface area contributed by atoms with Crippen molar-refractivity contribution in [2.45, 2.75) is 26.3 Å². The van der Waals surface area contributed by atoms with Gasteiger partial charge in [0.15, 0.2) is 0 Å². The average molecular weight is 457 g/mol. The van der Waals surface area contributed by atoms with Crippen molar-refractivity contribution in [2.75, 3.05) is 33.3 Å². The first-order chi connectivity index (χ1) is 15.4. The van der Waals surface area contributed by atoms with E-state index >= 15 is 0 Å². The van der Waals surface area contributed by atoms with E-state index in [4.69, 9.17) is 16.3 Å². The van der Waals surface area contributed by atoms with Crippen molar-refractivity contribution in [1.82, 2.24) is 9.80 Å². The molecule has 3 rings (SSSR count). The van der Waals surface area contributed by atoms with Gasteiger partial charge in [0, 0.05) is 17.1 Å². The van der Waals surface area contributed by atoms with Crippen molar-refractivity contribution in [3.05, 3.63) is 70.3 Å². The molecule has 6 nitrogen and oxygen atoms in total. The fourth-order valence-corrected chi connectivity index (χ4v) is 4.16. The van der Waals surface area contributed by atoms with Crippen LogP contribution in [0.15, 0.2) is 54.1 Å². The molecule has 2 aromatic carbocycles. The summed E-state index contributed by atoms with van der Waals surface area (Å²) < 4.78 is 5.24. The van der Waals surface area contributed by atoms with Gasteiger partial charge in [-0.3, -0.25) is 9.59 Å². The lowest BCUT2D eigenvalue weighted by Crippen LogP contribution is -2.33. The van der Waals surface area contributed by atoms with Crippen LogP contribution in [0, 0.1) is 0 Å². The van der Waals surface area contributed by atoms with E-state index in [9.17, 15) is 14.7 Å². The molecule has 0 aliphatic carbocycles. The number of carbonyl (C=O) groups is 2. The summed E-state index contributed by atoms with van der Waals surface area (Å²) in [6.45, 7) is 7.26. The molecule has 1 saturated heterocycles. The summed E-state index contributed by atoms with van der Waals surface area (Å²) >= 11 is 6.06.